The molecule has 1 unspecified atom stereocenters. The number of ether oxygens (including phenoxy) is 1. The van der Waals surface area contributed by atoms with Crippen molar-refractivity contribution < 1.29 is 13.9 Å². The molecule has 0 radical (unpaired) electrons. The summed E-state index contributed by atoms with van der Waals surface area (Å²) in [5.74, 6) is 0.186. The van der Waals surface area contributed by atoms with Crippen molar-refractivity contribution in [3.8, 4) is 28.3 Å². The number of aryl methyl sites for hydroxylation is 1. The molecule has 3 rings (SSSR count). The van der Waals surface area contributed by atoms with Crippen LogP contribution in [0.1, 0.15) is 97.0 Å². The van der Waals surface area contributed by atoms with Gasteiger partial charge in [0.1, 0.15) is 5.75 Å². The lowest BCUT2D eigenvalue weighted by Crippen LogP contribution is -2.34. The molecule has 0 aliphatic heterocycles. The fourth-order valence-electron chi connectivity index (χ4n) is 4.56. The lowest BCUT2D eigenvalue weighted by molar-refractivity contribution is -0.147. The Bertz CT molecular complexity index is 1110. The zero-order valence-corrected chi connectivity index (χ0v) is 23.3. The van der Waals surface area contributed by atoms with Gasteiger partial charge in [-0.05, 0) is 61.4 Å². The molecule has 1 aromatic heterocycles. The highest BCUT2D eigenvalue weighted by molar-refractivity contribution is 5.82. The molecule has 0 aliphatic rings. The number of alkyl halides is 1. The van der Waals surface area contributed by atoms with Crippen molar-refractivity contribution in [3.05, 3.63) is 66.5 Å². The molecule has 38 heavy (non-hydrogen) atoms. The van der Waals surface area contributed by atoms with Crippen LogP contribution in [0, 0.1) is 0 Å². The Morgan fingerprint density at radius 1 is 0.789 bits per heavy atom. The minimum absolute atomic E-state index is 0.181. The molecule has 1 atom stereocenters. The number of unbranched alkanes of at least 4 members (excludes halogenated alkanes) is 8. The van der Waals surface area contributed by atoms with Crippen molar-refractivity contribution >= 4 is 5.97 Å². The standard InChI is InChI=1S/C33H43FN2O2/c1-4-6-8-10-11-15-23-33(3,34)32(37)38-28-21-19-27(20-22-28)29-17-13-14-18-30(29)31-35-24-26(25-36-31)16-12-9-7-5-2/h13-14,17-22,24-25H,4-12,15-16,23H2,1-3H3. The van der Waals surface area contributed by atoms with Gasteiger partial charge in [0.05, 0.1) is 0 Å². The quantitative estimate of drug-likeness (QED) is 0.108. The zero-order chi connectivity index (χ0) is 27.2. The molecule has 0 saturated heterocycles. The van der Waals surface area contributed by atoms with E-state index in [9.17, 15) is 9.18 Å². The largest absolute Gasteiger partial charge is 0.424 e. The van der Waals surface area contributed by atoms with Crippen LogP contribution < -0.4 is 4.74 Å². The van der Waals surface area contributed by atoms with E-state index >= 15 is 0 Å². The summed E-state index contributed by atoms with van der Waals surface area (Å²) < 4.78 is 20.4. The van der Waals surface area contributed by atoms with Crippen molar-refractivity contribution in [2.24, 2.45) is 0 Å². The van der Waals surface area contributed by atoms with Crippen molar-refractivity contribution in [1.29, 1.82) is 0 Å². The first-order chi connectivity index (χ1) is 18.4. The maximum Gasteiger partial charge on any atom is 0.348 e. The summed E-state index contributed by atoms with van der Waals surface area (Å²) in [7, 11) is 0. The first-order valence-corrected chi connectivity index (χ1v) is 14.4. The zero-order valence-electron chi connectivity index (χ0n) is 23.3. The number of benzene rings is 2. The second kappa shape index (κ2) is 15.4. The fraction of sp³-hybridized carbons (Fsp3) is 0.485. The smallest absolute Gasteiger partial charge is 0.348 e. The molecular weight excluding hydrogens is 475 g/mol. The predicted molar refractivity (Wildman–Crippen MR) is 154 cm³/mol. The number of esters is 1. The fourth-order valence-corrected chi connectivity index (χ4v) is 4.56. The normalized spacial score (nSPS) is 12.7. The first kappa shape index (κ1) is 29.5. The Morgan fingerprint density at radius 2 is 1.37 bits per heavy atom. The van der Waals surface area contributed by atoms with Crippen LogP contribution in [0.5, 0.6) is 5.75 Å². The monoisotopic (exact) mass is 518 g/mol. The van der Waals surface area contributed by atoms with Crippen LogP contribution in [0.15, 0.2) is 60.9 Å². The van der Waals surface area contributed by atoms with Gasteiger partial charge < -0.3 is 4.74 Å². The van der Waals surface area contributed by atoms with Crippen LogP contribution in [0.2, 0.25) is 0 Å². The Hall–Kier alpha value is -3.08. The van der Waals surface area contributed by atoms with Crippen LogP contribution >= 0.6 is 0 Å². The molecule has 0 saturated carbocycles. The SMILES string of the molecule is CCCCCCCCC(C)(F)C(=O)Oc1ccc(-c2ccccc2-c2ncc(CCCCCC)cn2)cc1. The summed E-state index contributed by atoms with van der Waals surface area (Å²) >= 11 is 0. The lowest BCUT2D eigenvalue weighted by atomic mass is 9.98. The van der Waals surface area contributed by atoms with Crippen LogP contribution in [0.25, 0.3) is 22.5 Å². The maximum absolute atomic E-state index is 15.0. The van der Waals surface area contributed by atoms with Gasteiger partial charge >= 0.3 is 5.97 Å². The van der Waals surface area contributed by atoms with E-state index in [0.717, 1.165) is 54.4 Å². The summed E-state index contributed by atoms with van der Waals surface area (Å²) in [5.41, 5.74) is 2.03. The second-order valence-corrected chi connectivity index (χ2v) is 10.4. The van der Waals surface area contributed by atoms with Gasteiger partial charge in [0, 0.05) is 18.0 Å². The predicted octanol–water partition coefficient (Wildman–Crippen LogP) is 9.32. The number of nitrogens with zero attached hydrogens (tertiary/aromatic N) is 2. The third-order valence-electron chi connectivity index (χ3n) is 6.99. The number of carbonyl (C=O) groups excluding carboxylic acids is 1. The molecule has 3 aromatic rings. The second-order valence-electron chi connectivity index (χ2n) is 10.4. The molecule has 0 amide bonds. The molecule has 0 fully saturated rings. The molecular formula is C33H43FN2O2. The van der Waals surface area contributed by atoms with Gasteiger partial charge in [-0.3, -0.25) is 0 Å². The van der Waals surface area contributed by atoms with E-state index in [4.69, 9.17) is 4.74 Å². The topological polar surface area (TPSA) is 52.1 Å². The van der Waals surface area contributed by atoms with E-state index in [1.54, 1.807) is 12.1 Å². The van der Waals surface area contributed by atoms with Gasteiger partial charge in [-0.1, -0.05) is 102 Å². The number of halogens is 1. The van der Waals surface area contributed by atoms with Crippen LogP contribution in [-0.2, 0) is 11.2 Å². The minimum atomic E-state index is -1.99. The number of aromatic nitrogens is 2. The Morgan fingerprint density at radius 3 is 2.03 bits per heavy atom. The van der Waals surface area contributed by atoms with Crippen molar-refractivity contribution in [2.45, 2.75) is 103 Å². The van der Waals surface area contributed by atoms with E-state index < -0.39 is 11.6 Å². The summed E-state index contributed by atoms with van der Waals surface area (Å²) in [6, 6.07) is 15.2. The maximum atomic E-state index is 15.0. The molecule has 0 N–H and O–H groups in total. The molecule has 2 aromatic carbocycles. The van der Waals surface area contributed by atoms with Gasteiger partial charge in [-0.15, -0.1) is 0 Å². The summed E-state index contributed by atoms with van der Waals surface area (Å²) in [6.45, 7) is 5.71. The van der Waals surface area contributed by atoms with Crippen molar-refractivity contribution in [2.75, 3.05) is 0 Å². The van der Waals surface area contributed by atoms with Gasteiger partial charge in [0.25, 0.3) is 0 Å². The van der Waals surface area contributed by atoms with Gasteiger partial charge in [0.2, 0.25) is 5.67 Å². The number of hydrogen-bond acceptors (Lipinski definition) is 4. The summed E-state index contributed by atoms with van der Waals surface area (Å²) in [4.78, 5) is 21.8. The third kappa shape index (κ3) is 9.04. The minimum Gasteiger partial charge on any atom is -0.424 e. The van der Waals surface area contributed by atoms with Crippen molar-refractivity contribution in [1.82, 2.24) is 9.97 Å². The van der Waals surface area contributed by atoms with E-state index in [0.29, 0.717) is 18.0 Å². The third-order valence-corrected chi connectivity index (χ3v) is 6.99. The average molecular weight is 519 g/mol. The molecule has 0 bridgehead atoms. The number of rotatable bonds is 16. The highest BCUT2D eigenvalue weighted by Crippen LogP contribution is 2.32. The molecule has 5 heteroatoms. The van der Waals surface area contributed by atoms with Crippen molar-refractivity contribution in [3.63, 3.8) is 0 Å². The number of hydrogen-bond donors (Lipinski definition) is 0. The van der Waals surface area contributed by atoms with Crippen LogP contribution in [-0.4, -0.2) is 21.6 Å². The molecule has 0 aliphatic carbocycles. The van der Waals surface area contributed by atoms with E-state index in [1.165, 1.54) is 39.0 Å². The van der Waals surface area contributed by atoms with Gasteiger partial charge in [0.15, 0.2) is 5.82 Å². The Kier molecular flexibility index (Phi) is 11.9. The van der Waals surface area contributed by atoms with Gasteiger partial charge in [-0.25, -0.2) is 19.2 Å². The average Bonchev–Trinajstić information content (AvgIpc) is 2.94. The highest BCUT2D eigenvalue weighted by atomic mass is 19.1. The Balaban J connectivity index is 1.61. The molecule has 0 spiro atoms. The first-order valence-electron chi connectivity index (χ1n) is 14.4. The summed E-state index contributed by atoms with van der Waals surface area (Å²) in [6.07, 6.45) is 16.1. The van der Waals surface area contributed by atoms with Gasteiger partial charge in [-0.2, -0.15) is 0 Å². The van der Waals surface area contributed by atoms with E-state index in [-0.39, 0.29) is 6.42 Å². The van der Waals surface area contributed by atoms with Crippen LogP contribution in [0.3, 0.4) is 0 Å². The van der Waals surface area contributed by atoms with Crippen LogP contribution in [0.4, 0.5) is 4.39 Å². The molecule has 1 heterocycles. The van der Waals surface area contributed by atoms with E-state index in [2.05, 4.69) is 23.8 Å². The molecule has 204 valence electrons. The highest BCUT2D eigenvalue weighted by Gasteiger charge is 2.34. The number of carbonyl (C=O) groups is 1. The lowest BCUT2D eigenvalue weighted by Gasteiger charge is -2.18. The Labute approximate surface area is 228 Å². The van der Waals surface area contributed by atoms with E-state index in [1.807, 2.05) is 48.8 Å². The summed E-state index contributed by atoms with van der Waals surface area (Å²) in [5, 5.41) is 0. The molecule has 4 nitrogen and oxygen atoms in total.